The molecule has 3 heteroatoms. The van der Waals surface area contributed by atoms with E-state index in [2.05, 4.69) is 34.1 Å². The summed E-state index contributed by atoms with van der Waals surface area (Å²) in [6.45, 7) is 3.94. The largest absolute Gasteiger partial charge is 0.396 e. The van der Waals surface area contributed by atoms with E-state index in [0.717, 1.165) is 43.0 Å². The van der Waals surface area contributed by atoms with Gasteiger partial charge in [0.25, 0.3) is 0 Å². The molecule has 2 N–H and O–H groups in total. The summed E-state index contributed by atoms with van der Waals surface area (Å²) in [7, 11) is 0. The topological polar surface area (TPSA) is 42.2 Å². The van der Waals surface area contributed by atoms with Crippen LogP contribution >= 0.6 is 0 Å². The number of nitrogens with two attached hydrogens (primary N) is 1. The molecule has 2 aromatic rings. The Kier molecular flexibility index (Phi) is 3.11. The Morgan fingerprint density at radius 2 is 1.95 bits per heavy atom. The number of nitrogen functional groups attached to an aromatic ring is 1. The molecule has 3 nitrogen and oxygen atoms in total. The number of benzene rings is 1. The van der Waals surface area contributed by atoms with Gasteiger partial charge in [0.15, 0.2) is 5.82 Å². The van der Waals surface area contributed by atoms with Crippen molar-refractivity contribution >= 4 is 11.5 Å². The Morgan fingerprint density at radius 1 is 1.16 bits per heavy atom. The lowest BCUT2D eigenvalue weighted by molar-refractivity contribution is 0.755. The lowest BCUT2D eigenvalue weighted by Crippen LogP contribution is -2.24. The molecule has 0 bridgehead atoms. The standard InChI is InChI=1S/C16H19N3/c1-12-8-9-18-16(15(12)17)19-10-4-7-13-5-2-3-6-14(13)11-19/h2-3,5-6,8-9H,4,7,10-11,17H2,1H3. The van der Waals surface area contributed by atoms with Crippen LogP contribution in [0.25, 0.3) is 0 Å². The van der Waals surface area contributed by atoms with Gasteiger partial charge in [0.05, 0.1) is 5.69 Å². The normalized spacial score (nSPS) is 14.9. The average molecular weight is 253 g/mol. The summed E-state index contributed by atoms with van der Waals surface area (Å²) in [4.78, 5) is 6.78. The van der Waals surface area contributed by atoms with E-state index in [9.17, 15) is 0 Å². The van der Waals surface area contributed by atoms with Gasteiger partial charge >= 0.3 is 0 Å². The van der Waals surface area contributed by atoms with Crippen molar-refractivity contribution in [2.24, 2.45) is 0 Å². The molecule has 3 rings (SSSR count). The average Bonchev–Trinajstić information content (AvgIpc) is 2.64. The van der Waals surface area contributed by atoms with Gasteiger partial charge in [-0.3, -0.25) is 0 Å². The molecule has 1 aliphatic heterocycles. The molecular formula is C16H19N3. The van der Waals surface area contributed by atoms with Gasteiger partial charge in [0.2, 0.25) is 0 Å². The van der Waals surface area contributed by atoms with Crippen molar-refractivity contribution in [3.63, 3.8) is 0 Å². The van der Waals surface area contributed by atoms with E-state index < -0.39 is 0 Å². The smallest absolute Gasteiger partial charge is 0.152 e. The Labute approximate surface area is 114 Å². The Balaban J connectivity index is 1.96. The van der Waals surface area contributed by atoms with Gasteiger partial charge in [-0.1, -0.05) is 24.3 Å². The molecule has 0 saturated carbocycles. The molecule has 0 aliphatic carbocycles. The Hall–Kier alpha value is -2.03. The SMILES string of the molecule is Cc1ccnc(N2CCCc3ccccc3C2)c1N. The molecule has 98 valence electrons. The Bertz CT molecular complexity index is 592. The highest BCUT2D eigenvalue weighted by atomic mass is 15.2. The molecule has 0 spiro atoms. The number of hydrogen-bond acceptors (Lipinski definition) is 3. The van der Waals surface area contributed by atoms with Crippen LogP contribution < -0.4 is 10.6 Å². The van der Waals surface area contributed by atoms with Crippen molar-refractivity contribution in [2.45, 2.75) is 26.3 Å². The third-order valence-corrected chi connectivity index (χ3v) is 3.84. The van der Waals surface area contributed by atoms with Crippen LogP contribution in [-0.4, -0.2) is 11.5 Å². The molecule has 1 aromatic carbocycles. The minimum absolute atomic E-state index is 0.807. The summed E-state index contributed by atoms with van der Waals surface area (Å²) in [6, 6.07) is 10.6. The molecule has 1 aliphatic rings. The molecule has 0 saturated heterocycles. The van der Waals surface area contributed by atoms with Gasteiger partial charge in [-0.05, 0) is 42.5 Å². The zero-order chi connectivity index (χ0) is 13.2. The number of anilines is 2. The summed E-state index contributed by atoms with van der Waals surface area (Å²) in [6.07, 6.45) is 4.13. The highest BCUT2D eigenvalue weighted by molar-refractivity contribution is 5.66. The second kappa shape index (κ2) is 4.92. The van der Waals surface area contributed by atoms with Crippen molar-refractivity contribution < 1.29 is 0 Å². The fourth-order valence-electron chi connectivity index (χ4n) is 2.69. The first-order valence-electron chi connectivity index (χ1n) is 6.78. The first kappa shape index (κ1) is 12.0. The summed E-state index contributed by atoms with van der Waals surface area (Å²) in [5.41, 5.74) is 10.9. The van der Waals surface area contributed by atoms with Gasteiger partial charge < -0.3 is 10.6 Å². The maximum Gasteiger partial charge on any atom is 0.152 e. The molecule has 0 atom stereocenters. The van der Waals surface area contributed by atoms with Crippen LogP contribution in [0, 0.1) is 6.92 Å². The maximum atomic E-state index is 6.18. The molecular weight excluding hydrogens is 234 g/mol. The number of aromatic nitrogens is 1. The number of rotatable bonds is 1. The van der Waals surface area contributed by atoms with Crippen LogP contribution in [0.2, 0.25) is 0 Å². The third kappa shape index (κ3) is 2.28. The molecule has 2 heterocycles. The van der Waals surface area contributed by atoms with E-state index in [-0.39, 0.29) is 0 Å². The Morgan fingerprint density at radius 3 is 2.79 bits per heavy atom. The van der Waals surface area contributed by atoms with Gasteiger partial charge in [-0.25, -0.2) is 4.98 Å². The minimum Gasteiger partial charge on any atom is -0.396 e. The molecule has 19 heavy (non-hydrogen) atoms. The number of nitrogens with zero attached hydrogens (tertiary/aromatic N) is 2. The highest BCUT2D eigenvalue weighted by Gasteiger charge is 2.17. The summed E-state index contributed by atoms with van der Waals surface area (Å²) < 4.78 is 0. The van der Waals surface area contributed by atoms with Crippen molar-refractivity contribution in [2.75, 3.05) is 17.2 Å². The number of aryl methyl sites for hydroxylation is 2. The van der Waals surface area contributed by atoms with Crippen LogP contribution in [0.5, 0.6) is 0 Å². The predicted molar refractivity (Wildman–Crippen MR) is 79.2 cm³/mol. The van der Waals surface area contributed by atoms with E-state index >= 15 is 0 Å². The van der Waals surface area contributed by atoms with Gasteiger partial charge in [0.1, 0.15) is 0 Å². The van der Waals surface area contributed by atoms with Crippen LogP contribution in [0.15, 0.2) is 36.5 Å². The predicted octanol–water partition coefficient (Wildman–Crippen LogP) is 2.93. The summed E-state index contributed by atoms with van der Waals surface area (Å²) >= 11 is 0. The van der Waals surface area contributed by atoms with E-state index in [1.54, 1.807) is 0 Å². The fourth-order valence-corrected chi connectivity index (χ4v) is 2.69. The number of pyridine rings is 1. The van der Waals surface area contributed by atoms with E-state index in [4.69, 9.17) is 5.73 Å². The molecule has 0 amide bonds. The van der Waals surface area contributed by atoms with Crippen molar-refractivity contribution in [3.05, 3.63) is 53.2 Å². The quantitative estimate of drug-likeness (QED) is 0.849. The molecule has 1 aromatic heterocycles. The van der Waals surface area contributed by atoms with Crippen LogP contribution in [0.3, 0.4) is 0 Å². The summed E-state index contributed by atoms with van der Waals surface area (Å²) in [5.74, 6) is 0.928. The fraction of sp³-hybridized carbons (Fsp3) is 0.312. The van der Waals surface area contributed by atoms with Crippen LogP contribution in [0.4, 0.5) is 11.5 Å². The van der Waals surface area contributed by atoms with Gasteiger partial charge in [0, 0.05) is 19.3 Å². The van der Waals surface area contributed by atoms with Crippen LogP contribution in [-0.2, 0) is 13.0 Å². The van der Waals surface area contributed by atoms with Crippen molar-refractivity contribution in [1.29, 1.82) is 0 Å². The lowest BCUT2D eigenvalue weighted by Gasteiger charge is -2.24. The van der Waals surface area contributed by atoms with E-state index in [1.807, 2.05) is 19.2 Å². The van der Waals surface area contributed by atoms with Gasteiger partial charge in [-0.15, -0.1) is 0 Å². The van der Waals surface area contributed by atoms with Gasteiger partial charge in [-0.2, -0.15) is 0 Å². The van der Waals surface area contributed by atoms with E-state index in [0.29, 0.717) is 0 Å². The monoisotopic (exact) mass is 253 g/mol. The van der Waals surface area contributed by atoms with Crippen molar-refractivity contribution in [3.8, 4) is 0 Å². The van der Waals surface area contributed by atoms with Crippen LogP contribution in [0.1, 0.15) is 23.1 Å². The lowest BCUT2D eigenvalue weighted by atomic mass is 10.0. The van der Waals surface area contributed by atoms with E-state index in [1.165, 1.54) is 11.1 Å². The number of hydrogen-bond donors (Lipinski definition) is 1. The minimum atomic E-state index is 0.807. The van der Waals surface area contributed by atoms with Crippen molar-refractivity contribution in [1.82, 2.24) is 4.98 Å². The molecule has 0 fully saturated rings. The first-order chi connectivity index (χ1) is 9.25. The molecule has 0 radical (unpaired) electrons. The third-order valence-electron chi connectivity index (χ3n) is 3.84. The number of fused-ring (bicyclic) bond motifs is 1. The second-order valence-corrected chi connectivity index (χ2v) is 5.16. The zero-order valence-corrected chi connectivity index (χ0v) is 11.3. The first-order valence-corrected chi connectivity index (χ1v) is 6.78. The maximum absolute atomic E-state index is 6.18. The summed E-state index contributed by atoms with van der Waals surface area (Å²) in [5, 5.41) is 0. The second-order valence-electron chi connectivity index (χ2n) is 5.16. The molecule has 0 unspecified atom stereocenters. The zero-order valence-electron chi connectivity index (χ0n) is 11.3. The highest BCUT2D eigenvalue weighted by Crippen LogP contribution is 2.28.